The average Bonchev–Trinajstić information content (AvgIpc) is 3.20. The SMILES string of the molecule is Cc1ccc2c(c1)nc(-c1ccc(N)cc1Cl)n2C1CC1. The van der Waals surface area contributed by atoms with E-state index in [9.17, 15) is 0 Å². The van der Waals surface area contributed by atoms with Gasteiger partial charge in [-0.1, -0.05) is 17.7 Å². The molecule has 0 unspecified atom stereocenters. The second-order valence-electron chi connectivity index (χ2n) is 5.77. The molecule has 1 aliphatic carbocycles. The van der Waals surface area contributed by atoms with Gasteiger partial charge in [-0.15, -0.1) is 0 Å². The van der Waals surface area contributed by atoms with E-state index in [0.717, 1.165) is 16.9 Å². The van der Waals surface area contributed by atoms with Crippen molar-refractivity contribution in [3.63, 3.8) is 0 Å². The Balaban J connectivity index is 2.01. The molecule has 0 radical (unpaired) electrons. The summed E-state index contributed by atoms with van der Waals surface area (Å²) in [4.78, 5) is 4.83. The van der Waals surface area contributed by atoms with E-state index in [1.807, 2.05) is 12.1 Å². The van der Waals surface area contributed by atoms with Crippen molar-refractivity contribution < 1.29 is 0 Å². The predicted molar refractivity (Wildman–Crippen MR) is 87.6 cm³/mol. The number of anilines is 1. The fourth-order valence-corrected chi connectivity index (χ4v) is 3.09. The number of hydrogen-bond acceptors (Lipinski definition) is 2. The first-order valence-corrected chi connectivity index (χ1v) is 7.55. The number of aryl methyl sites for hydroxylation is 1. The van der Waals surface area contributed by atoms with E-state index in [-0.39, 0.29) is 0 Å². The molecule has 21 heavy (non-hydrogen) atoms. The zero-order valence-electron chi connectivity index (χ0n) is 11.8. The molecule has 2 N–H and O–H groups in total. The van der Waals surface area contributed by atoms with Crippen LogP contribution in [0.5, 0.6) is 0 Å². The average molecular weight is 298 g/mol. The molecule has 0 saturated heterocycles. The molecule has 1 aromatic heterocycles. The highest BCUT2D eigenvalue weighted by Crippen LogP contribution is 2.42. The molecule has 2 aromatic carbocycles. The summed E-state index contributed by atoms with van der Waals surface area (Å²) in [5.41, 5.74) is 10.9. The monoisotopic (exact) mass is 297 g/mol. The maximum Gasteiger partial charge on any atom is 0.142 e. The van der Waals surface area contributed by atoms with E-state index in [0.29, 0.717) is 16.8 Å². The Bertz CT molecular complexity index is 847. The van der Waals surface area contributed by atoms with Gasteiger partial charge in [0.25, 0.3) is 0 Å². The van der Waals surface area contributed by atoms with Gasteiger partial charge in [0.05, 0.1) is 16.1 Å². The molecule has 106 valence electrons. The maximum atomic E-state index is 6.39. The van der Waals surface area contributed by atoms with Crippen LogP contribution in [0.2, 0.25) is 5.02 Å². The molecule has 0 aliphatic heterocycles. The van der Waals surface area contributed by atoms with Gasteiger partial charge >= 0.3 is 0 Å². The molecule has 4 heteroatoms. The van der Waals surface area contributed by atoms with Gasteiger partial charge in [0.1, 0.15) is 5.82 Å². The number of rotatable bonds is 2. The second kappa shape index (κ2) is 4.50. The van der Waals surface area contributed by atoms with Crippen molar-refractivity contribution in [1.82, 2.24) is 9.55 Å². The standard InChI is InChI=1S/C17H16ClN3/c1-10-2-7-16-15(8-10)20-17(21(16)12-4-5-12)13-6-3-11(19)9-14(13)18/h2-3,6-9,12H,4-5,19H2,1H3. The first kappa shape index (κ1) is 12.7. The number of nitrogen functional groups attached to an aromatic ring is 1. The molecule has 1 fully saturated rings. The summed E-state index contributed by atoms with van der Waals surface area (Å²) in [6.45, 7) is 2.09. The predicted octanol–water partition coefficient (Wildman–Crippen LogP) is 4.58. The lowest BCUT2D eigenvalue weighted by Gasteiger charge is -2.09. The lowest BCUT2D eigenvalue weighted by Crippen LogP contribution is -1.98. The van der Waals surface area contributed by atoms with Crippen LogP contribution in [0.3, 0.4) is 0 Å². The number of nitrogens with zero attached hydrogens (tertiary/aromatic N) is 2. The van der Waals surface area contributed by atoms with Crippen LogP contribution in [0.4, 0.5) is 5.69 Å². The highest BCUT2D eigenvalue weighted by molar-refractivity contribution is 6.33. The molecule has 1 saturated carbocycles. The van der Waals surface area contributed by atoms with E-state index in [2.05, 4.69) is 29.7 Å². The number of nitrogens with two attached hydrogens (primary N) is 1. The molecule has 1 heterocycles. The molecule has 0 spiro atoms. The Hall–Kier alpha value is -2.00. The summed E-state index contributed by atoms with van der Waals surface area (Å²) in [5.74, 6) is 0.947. The number of halogens is 1. The number of benzene rings is 2. The smallest absolute Gasteiger partial charge is 0.142 e. The van der Waals surface area contributed by atoms with E-state index < -0.39 is 0 Å². The highest BCUT2D eigenvalue weighted by Gasteiger charge is 2.29. The summed E-state index contributed by atoms with van der Waals surface area (Å²) in [5, 5.41) is 0.656. The van der Waals surface area contributed by atoms with Crippen LogP contribution in [0.15, 0.2) is 36.4 Å². The van der Waals surface area contributed by atoms with Crippen molar-refractivity contribution in [3.05, 3.63) is 47.0 Å². The van der Waals surface area contributed by atoms with E-state index in [1.165, 1.54) is 23.9 Å². The minimum atomic E-state index is 0.543. The Kier molecular flexibility index (Phi) is 2.73. The van der Waals surface area contributed by atoms with Crippen LogP contribution in [-0.4, -0.2) is 9.55 Å². The molecule has 0 bridgehead atoms. The summed E-state index contributed by atoms with van der Waals surface area (Å²) in [6, 6.07) is 12.6. The zero-order valence-corrected chi connectivity index (χ0v) is 12.6. The summed E-state index contributed by atoms with van der Waals surface area (Å²) in [6.07, 6.45) is 2.41. The molecular formula is C17H16ClN3. The summed E-state index contributed by atoms with van der Waals surface area (Å²) >= 11 is 6.39. The van der Waals surface area contributed by atoms with Crippen molar-refractivity contribution >= 4 is 28.3 Å². The lowest BCUT2D eigenvalue weighted by atomic mass is 10.2. The van der Waals surface area contributed by atoms with Gasteiger partial charge in [0.2, 0.25) is 0 Å². The third-order valence-corrected chi connectivity index (χ3v) is 4.30. The minimum absolute atomic E-state index is 0.543. The van der Waals surface area contributed by atoms with Gasteiger partial charge in [-0.3, -0.25) is 0 Å². The molecule has 3 aromatic rings. The first-order chi connectivity index (χ1) is 10.1. The van der Waals surface area contributed by atoms with Crippen LogP contribution < -0.4 is 5.73 Å². The largest absolute Gasteiger partial charge is 0.399 e. The van der Waals surface area contributed by atoms with Crippen molar-refractivity contribution in [2.45, 2.75) is 25.8 Å². The molecule has 3 nitrogen and oxygen atoms in total. The van der Waals surface area contributed by atoms with Gasteiger partial charge in [0, 0.05) is 17.3 Å². The summed E-state index contributed by atoms with van der Waals surface area (Å²) < 4.78 is 2.33. The minimum Gasteiger partial charge on any atom is -0.399 e. The Morgan fingerprint density at radius 2 is 2.00 bits per heavy atom. The first-order valence-electron chi connectivity index (χ1n) is 7.17. The van der Waals surface area contributed by atoms with Crippen LogP contribution >= 0.6 is 11.6 Å². The topological polar surface area (TPSA) is 43.8 Å². The number of hydrogen-bond donors (Lipinski definition) is 1. The van der Waals surface area contributed by atoms with Gasteiger partial charge in [-0.05, 0) is 55.7 Å². The molecular weight excluding hydrogens is 282 g/mol. The zero-order chi connectivity index (χ0) is 14.6. The van der Waals surface area contributed by atoms with E-state index in [1.54, 1.807) is 6.07 Å². The van der Waals surface area contributed by atoms with Gasteiger partial charge in [0.15, 0.2) is 0 Å². The lowest BCUT2D eigenvalue weighted by molar-refractivity contribution is 0.775. The Morgan fingerprint density at radius 1 is 1.19 bits per heavy atom. The quantitative estimate of drug-likeness (QED) is 0.703. The molecule has 4 rings (SSSR count). The van der Waals surface area contributed by atoms with Crippen molar-refractivity contribution in [2.24, 2.45) is 0 Å². The second-order valence-corrected chi connectivity index (χ2v) is 6.18. The fourth-order valence-electron chi connectivity index (χ4n) is 2.81. The van der Waals surface area contributed by atoms with Crippen LogP contribution in [0.25, 0.3) is 22.4 Å². The number of fused-ring (bicyclic) bond motifs is 1. The Morgan fingerprint density at radius 3 is 2.71 bits per heavy atom. The highest BCUT2D eigenvalue weighted by atomic mass is 35.5. The fraction of sp³-hybridized carbons (Fsp3) is 0.235. The van der Waals surface area contributed by atoms with Gasteiger partial charge in [-0.25, -0.2) is 4.98 Å². The van der Waals surface area contributed by atoms with Crippen molar-refractivity contribution in [2.75, 3.05) is 5.73 Å². The van der Waals surface area contributed by atoms with Crippen molar-refractivity contribution in [1.29, 1.82) is 0 Å². The van der Waals surface area contributed by atoms with Gasteiger partial charge in [-0.2, -0.15) is 0 Å². The normalized spacial score (nSPS) is 14.8. The van der Waals surface area contributed by atoms with E-state index in [4.69, 9.17) is 22.3 Å². The maximum absolute atomic E-state index is 6.39. The van der Waals surface area contributed by atoms with Crippen LogP contribution in [-0.2, 0) is 0 Å². The number of aromatic nitrogens is 2. The van der Waals surface area contributed by atoms with Crippen LogP contribution in [0.1, 0.15) is 24.4 Å². The number of imidazole rings is 1. The molecule has 1 aliphatic rings. The third kappa shape index (κ3) is 2.09. The Labute approximate surface area is 128 Å². The van der Waals surface area contributed by atoms with Crippen LogP contribution in [0, 0.1) is 6.92 Å². The van der Waals surface area contributed by atoms with E-state index >= 15 is 0 Å². The third-order valence-electron chi connectivity index (χ3n) is 3.99. The molecule has 0 atom stereocenters. The van der Waals surface area contributed by atoms with Gasteiger partial charge < -0.3 is 10.3 Å². The molecule has 0 amide bonds. The summed E-state index contributed by atoms with van der Waals surface area (Å²) in [7, 11) is 0. The van der Waals surface area contributed by atoms with Crippen molar-refractivity contribution in [3.8, 4) is 11.4 Å².